The van der Waals surface area contributed by atoms with Crippen LogP contribution in [0.25, 0.3) is 0 Å². The molecular formula is C17H30N4O2. The molecule has 1 aliphatic rings. The van der Waals surface area contributed by atoms with Crippen molar-refractivity contribution in [2.75, 3.05) is 6.54 Å². The first-order valence-electron chi connectivity index (χ1n) is 8.53. The summed E-state index contributed by atoms with van der Waals surface area (Å²) in [7, 11) is 0. The van der Waals surface area contributed by atoms with Crippen molar-refractivity contribution in [3.63, 3.8) is 0 Å². The number of amides is 1. The van der Waals surface area contributed by atoms with Crippen LogP contribution in [0.15, 0.2) is 12.4 Å². The van der Waals surface area contributed by atoms with Crippen LogP contribution < -0.4 is 10.6 Å². The summed E-state index contributed by atoms with van der Waals surface area (Å²) in [6.07, 6.45) is 5.97. The monoisotopic (exact) mass is 322 g/mol. The van der Waals surface area contributed by atoms with Gasteiger partial charge in [-0.15, -0.1) is 0 Å². The van der Waals surface area contributed by atoms with Gasteiger partial charge in [0.15, 0.2) is 0 Å². The normalized spacial score (nSPS) is 17.6. The van der Waals surface area contributed by atoms with Crippen molar-refractivity contribution in [2.24, 2.45) is 5.92 Å². The minimum atomic E-state index is -0.465. The number of hydrogen-bond acceptors (Lipinski definition) is 4. The Morgan fingerprint density at radius 1 is 1.48 bits per heavy atom. The highest BCUT2D eigenvalue weighted by Gasteiger charge is 2.33. The molecule has 1 fully saturated rings. The van der Waals surface area contributed by atoms with E-state index in [1.54, 1.807) is 0 Å². The first-order chi connectivity index (χ1) is 10.8. The van der Waals surface area contributed by atoms with Gasteiger partial charge in [-0.2, -0.15) is 5.10 Å². The third kappa shape index (κ3) is 5.86. The predicted octanol–water partition coefficient (Wildman–Crippen LogP) is 2.86. The topological polar surface area (TPSA) is 68.2 Å². The number of carbonyl (C=O) groups is 1. The van der Waals surface area contributed by atoms with Crippen molar-refractivity contribution < 1.29 is 9.53 Å². The number of nitrogens with one attached hydrogen (secondary N) is 2. The third-order valence-electron chi connectivity index (χ3n) is 4.01. The summed E-state index contributed by atoms with van der Waals surface area (Å²) in [6, 6.07) is 0.325. The highest BCUT2D eigenvalue weighted by molar-refractivity contribution is 5.68. The van der Waals surface area contributed by atoms with Gasteiger partial charge in [0.05, 0.1) is 6.20 Å². The minimum absolute atomic E-state index is 0.119. The lowest BCUT2D eigenvalue weighted by Crippen LogP contribution is -2.46. The number of aromatic nitrogens is 2. The molecule has 2 rings (SSSR count). The average Bonchev–Trinajstić information content (AvgIpc) is 3.18. The first-order valence-corrected chi connectivity index (χ1v) is 8.53. The second-order valence-corrected chi connectivity index (χ2v) is 7.35. The maximum Gasteiger partial charge on any atom is 0.407 e. The molecule has 1 aromatic heterocycles. The van der Waals surface area contributed by atoms with Crippen molar-refractivity contribution in [3.8, 4) is 0 Å². The molecule has 0 bridgehead atoms. The Bertz CT molecular complexity index is 517. The molecule has 2 N–H and O–H groups in total. The third-order valence-corrected chi connectivity index (χ3v) is 4.01. The van der Waals surface area contributed by atoms with E-state index < -0.39 is 5.60 Å². The van der Waals surface area contributed by atoms with Crippen LogP contribution in [0.5, 0.6) is 0 Å². The first kappa shape index (κ1) is 17.8. The highest BCUT2D eigenvalue weighted by Crippen LogP contribution is 2.32. The molecule has 0 saturated heterocycles. The van der Waals surface area contributed by atoms with Gasteiger partial charge in [0, 0.05) is 36.9 Å². The van der Waals surface area contributed by atoms with E-state index in [1.165, 1.54) is 18.4 Å². The largest absolute Gasteiger partial charge is 0.444 e. The van der Waals surface area contributed by atoms with Crippen LogP contribution in [0.4, 0.5) is 4.79 Å². The van der Waals surface area contributed by atoms with Crippen LogP contribution in [0.1, 0.15) is 59.1 Å². The van der Waals surface area contributed by atoms with Crippen LogP contribution >= 0.6 is 0 Å². The molecule has 0 radical (unpaired) electrons. The zero-order chi connectivity index (χ0) is 17.0. The fourth-order valence-electron chi connectivity index (χ4n) is 2.49. The SMILES string of the molecule is CCn1cc(C(C)NCC(NC(=O)OC(C)(C)C)C2CC2)cn1. The van der Waals surface area contributed by atoms with Crippen molar-refractivity contribution in [1.29, 1.82) is 0 Å². The van der Waals surface area contributed by atoms with Crippen LogP contribution in [-0.2, 0) is 11.3 Å². The Balaban J connectivity index is 1.83. The zero-order valence-electron chi connectivity index (χ0n) is 14.9. The van der Waals surface area contributed by atoms with Gasteiger partial charge >= 0.3 is 6.09 Å². The lowest BCUT2D eigenvalue weighted by atomic mass is 10.1. The number of ether oxygens (including phenoxy) is 1. The van der Waals surface area contributed by atoms with Gasteiger partial charge in [0.2, 0.25) is 0 Å². The van der Waals surface area contributed by atoms with E-state index >= 15 is 0 Å². The van der Waals surface area contributed by atoms with Gasteiger partial charge in [0.25, 0.3) is 0 Å². The molecule has 2 atom stereocenters. The maximum atomic E-state index is 12.0. The van der Waals surface area contributed by atoms with Gasteiger partial charge in [-0.3, -0.25) is 4.68 Å². The smallest absolute Gasteiger partial charge is 0.407 e. The van der Waals surface area contributed by atoms with E-state index in [-0.39, 0.29) is 18.2 Å². The van der Waals surface area contributed by atoms with E-state index in [1.807, 2.05) is 31.6 Å². The Kier molecular flexibility index (Phi) is 5.68. The van der Waals surface area contributed by atoms with Crippen LogP contribution in [-0.4, -0.2) is 34.1 Å². The maximum absolute atomic E-state index is 12.0. The Labute approximate surface area is 139 Å². The standard InChI is InChI=1S/C17H30N4O2/c1-6-21-11-14(9-19-21)12(2)18-10-15(13-7-8-13)20-16(22)23-17(3,4)5/h9,11-13,15,18H,6-8,10H2,1-5H3,(H,20,22). The summed E-state index contributed by atoms with van der Waals surface area (Å²) in [4.78, 5) is 12.0. The number of rotatable bonds is 7. The molecule has 0 aromatic carbocycles. The molecule has 1 saturated carbocycles. The van der Waals surface area contributed by atoms with E-state index in [4.69, 9.17) is 4.74 Å². The summed E-state index contributed by atoms with van der Waals surface area (Å²) in [6.45, 7) is 11.4. The number of carbonyl (C=O) groups excluding carboxylic acids is 1. The lowest BCUT2D eigenvalue weighted by Gasteiger charge is -2.25. The summed E-state index contributed by atoms with van der Waals surface area (Å²) < 4.78 is 7.29. The number of hydrogen-bond donors (Lipinski definition) is 2. The Hall–Kier alpha value is -1.56. The second-order valence-electron chi connectivity index (χ2n) is 7.35. The number of alkyl carbamates (subject to hydrolysis) is 1. The quantitative estimate of drug-likeness (QED) is 0.810. The van der Waals surface area contributed by atoms with Crippen LogP contribution in [0.3, 0.4) is 0 Å². The van der Waals surface area contributed by atoms with Crippen LogP contribution in [0.2, 0.25) is 0 Å². The summed E-state index contributed by atoms with van der Waals surface area (Å²) in [5, 5.41) is 10.8. The van der Waals surface area contributed by atoms with Gasteiger partial charge < -0.3 is 15.4 Å². The summed E-state index contributed by atoms with van der Waals surface area (Å²) in [5.41, 5.74) is 0.701. The molecule has 1 heterocycles. The molecule has 0 aliphatic heterocycles. The molecule has 0 spiro atoms. The fraction of sp³-hybridized carbons (Fsp3) is 0.765. The second kappa shape index (κ2) is 7.34. The predicted molar refractivity (Wildman–Crippen MR) is 90.2 cm³/mol. The minimum Gasteiger partial charge on any atom is -0.444 e. The fourth-order valence-corrected chi connectivity index (χ4v) is 2.49. The van der Waals surface area contributed by atoms with E-state index in [9.17, 15) is 4.79 Å². The van der Waals surface area contributed by atoms with Gasteiger partial charge in [0.1, 0.15) is 5.60 Å². The summed E-state index contributed by atoms with van der Waals surface area (Å²) in [5.74, 6) is 0.556. The molecular weight excluding hydrogens is 292 g/mol. The van der Waals surface area contributed by atoms with Crippen molar-refractivity contribution in [3.05, 3.63) is 18.0 Å². The molecule has 130 valence electrons. The molecule has 23 heavy (non-hydrogen) atoms. The van der Waals surface area contributed by atoms with Crippen molar-refractivity contribution in [1.82, 2.24) is 20.4 Å². The van der Waals surface area contributed by atoms with Crippen LogP contribution in [0, 0.1) is 5.92 Å². The van der Waals surface area contributed by atoms with Gasteiger partial charge in [-0.05, 0) is 53.4 Å². The van der Waals surface area contributed by atoms with Crippen molar-refractivity contribution >= 4 is 6.09 Å². The van der Waals surface area contributed by atoms with Gasteiger partial charge in [-0.1, -0.05) is 0 Å². The molecule has 2 unspecified atom stereocenters. The van der Waals surface area contributed by atoms with E-state index in [0.29, 0.717) is 5.92 Å². The van der Waals surface area contributed by atoms with E-state index in [0.717, 1.165) is 13.1 Å². The average molecular weight is 322 g/mol. The number of nitrogens with zero attached hydrogens (tertiary/aromatic N) is 2. The Morgan fingerprint density at radius 3 is 2.70 bits per heavy atom. The Morgan fingerprint density at radius 2 is 2.17 bits per heavy atom. The number of aryl methyl sites for hydroxylation is 1. The summed E-state index contributed by atoms with van der Waals surface area (Å²) >= 11 is 0. The molecule has 6 heteroatoms. The van der Waals surface area contributed by atoms with Crippen molar-refractivity contribution in [2.45, 2.75) is 71.7 Å². The lowest BCUT2D eigenvalue weighted by molar-refractivity contribution is 0.0497. The molecule has 1 aliphatic carbocycles. The molecule has 6 nitrogen and oxygen atoms in total. The molecule has 1 aromatic rings. The highest BCUT2D eigenvalue weighted by atomic mass is 16.6. The van der Waals surface area contributed by atoms with Gasteiger partial charge in [-0.25, -0.2) is 4.79 Å². The zero-order valence-corrected chi connectivity index (χ0v) is 14.9. The molecule has 1 amide bonds. The van der Waals surface area contributed by atoms with E-state index in [2.05, 4.69) is 35.8 Å².